The largest absolute Gasteiger partial charge is 0.450 e. The summed E-state index contributed by atoms with van der Waals surface area (Å²) in [7, 11) is 0. The lowest BCUT2D eigenvalue weighted by molar-refractivity contribution is -0.137. The number of nitrogens with one attached hydrogen (secondary N) is 1. The minimum Gasteiger partial charge on any atom is -0.450 e. The van der Waals surface area contributed by atoms with E-state index in [1.165, 1.54) is 6.07 Å². The molecule has 1 aromatic rings. The second kappa shape index (κ2) is 5.72. The highest BCUT2D eigenvalue weighted by molar-refractivity contribution is 5.85. The second-order valence-corrected chi connectivity index (χ2v) is 3.43. The Morgan fingerprint density at radius 2 is 2.11 bits per heavy atom. The number of amides is 1. The summed E-state index contributed by atoms with van der Waals surface area (Å²) in [4.78, 5) is 11.1. The summed E-state index contributed by atoms with van der Waals surface area (Å²) in [5.74, 6) is 0. The molecule has 0 spiro atoms. The minimum atomic E-state index is -4.57. The summed E-state index contributed by atoms with van der Waals surface area (Å²) in [6.45, 7) is 1.62. The number of anilines is 1. The van der Waals surface area contributed by atoms with Crippen LogP contribution in [-0.4, -0.2) is 12.7 Å². The number of carbonyl (C=O) groups excluding carboxylic acids is 1. The van der Waals surface area contributed by atoms with Gasteiger partial charge in [0.05, 0.1) is 17.9 Å². The maximum Gasteiger partial charge on any atom is 0.418 e. The van der Waals surface area contributed by atoms with E-state index in [0.29, 0.717) is 5.56 Å². The van der Waals surface area contributed by atoms with Gasteiger partial charge in [-0.2, -0.15) is 13.2 Å². The fraction of sp³-hybridized carbons (Fsp3) is 0.364. The van der Waals surface area contributed by atoms with Crippen LogP contribution in [0.3, 0.4) is 0 Å². The van der Waals surface area contributed by atoms with Crippen molar-refractivity contribution in [1.29, 1.82) is 0 Å². The van der Waals surface area contributed by atoms with Gasteiger partial charge in [-0.25, -0.2) is 4.79 Å². The lowest BCUT2D eigenvalue weighted by Gasteiger charge is -2.14. The van der Waals surface area contributed by atoms with E-state index >= 15 is 0 Å². The third kappa shape index (κ3) is 3.63. The Hall–Kier alpha value is -1.76. The van der Waals surface area contributed by atoms with Crippen LogP contribution in [0.1, 0.15) is 18.1 Å². The fourth-order valence-corrected chi connectivity index (χ4v) is 1.34. The van der Waals surface area contributed by atoms with E-state index in [1.807, 2.05) is 5.32 Å². The smallest absolute Gasteiger partial charge is 0.418 e. The quantitative estimate of drug-likeness (QED) is 0.880. The molecule has 0 aliphatic carbocycles. The topological polar surface area (TPSA) is 64.3 Å². The first-order valence-electron chi connectivity index (χ1n) is 5.22. The van der Waals surface area contributed by atoms with Crippen molar-refractivity contribution >= 4 is 11.8 Å². The maximum absolute atomic E-state index is 12.8. The van der Waals surface area contributed by atoms with Gasteiger partial charge in [-0.3, -0.25) is 5.32 Å². The number of halogens is 3. The number of carbonyl (C=O) groups is 1. The third-order valence-corrected chi connectivity index (χ3v) is 2.14. The molecule has 3 N–H and O–H groups in total. The van der Waals surface area contributed by atoms with E-state index in [0.717, 1.165) is 12.1 Å². The number of hydrogen-bond acceptors (Lipinski definition) is 3. The molecule has 0 aromatic heterocycles. The SMILES string of the molecule is CCOC(=O)Nc1ccc(CN)cc1C(F)(F)F. The number of alkyl halides is 3. The van der Waals surface area contributed by atoms with Crippen LogP contribution in [0.15, 0.2) is 18.2 Å². The fourth-order valence-electron chi connectivity index (χ4n) is 1.34. The molecule has 4 nitrogen and oxygen atoms in total. The van der Waals surface area contributed by atoms with Gasteiger partial charge in [0, 0.05) is 6.54 Å². The van der Waals surface area contributed by atoms with Gasteiger partial charge in [-0.1, -0.05) is 6.07 Å². The number of nitrogens with two attached hydrogens (primary N) is 1. The highest BCUT2D eigenvalue weighted by Crippen LogP contribution is 2.35. The molecule has 0 heterocycles. The number of ether oxygens (including phenoxy) is 1. The lowest BCUT2D eigenvalue weighted by atomic mass is 10.1. The van der Waals surface area contributed by atoms with Gasteiger partial charge in [-0.15, -0.1) is 0 Å². The van der Waals surface area contributed by atoms with Crippen LogP contribution in [0.5, 0.6) is 0 Å². The molecule has 100 valence electrons. The van der Waals surface area contributed by atoms with Crippen molar-refractivity contribution in [3.8, 4) is 0 Å². The number of hydrogen-bond donors (Lipinski definition) is 2. The summed E-state index contributed by atoms with van der Waals surface area (Å²) in [6.07, 6.45) is -5.50. The Morgan fingerprint density at radius 3 is 2.61 bits per heavy atom. The molecule has 1 amide bonds. The molecule has 0 aliphatic heterocycles. The Bertz CT molecular complexity index is 433. The van der Waals surface area contributed by atoms with Gasteiger partial charge in [0.1, 0.15) is 0 Å². The molecule has 0 aliphatic rings. The molecule has 1 aromatic carbocycles. The zero-order valence-corrected chi connectivity index (χ0v) is 9.67. The number of rotatable bonds is 3. The van der Waals surface area contributed by atoms with E-state index in [9.17, 15) is 18.0 Å². The van der Waals surface area contributed by atoms with Crippen LogP contribution >= 0.6 is 0 Å². The van der Waals surface area contributed by atoms with Crippen LogP contribution in [0, 0.1) is 0 Å². The maximum atomic E-state index is 12.8. The molecule has 0 saturated heterocycles. The van der Waals surface area contributed by atoms with E-state index < -0.39 is 17.8 Å². The lowest BCUT2D eigenvalue weighted by Crippen LogP contribution is -2.18. The highest BCUT2D eigenvalue weighted by Gasteiger charge is 2.34. The van der Waals surface area contributed by atoms with Gasteiger partial charge in [0.2, 0.25) is 0 Å². The molecule has 0 fully saturated rings. The van der Waals surface area contributed by atoms with Crippen LogP contribution in [0.4, 0.5) is 23.7 Å². The summed E-state index contributed by atoms with van der Waals surface area (Å²) in [5.41, 5.74) is 4.32. The minimum absolute atomic E-state index is 0.0111. The monoisotopic (exact) mass is 262 g/mol. The van der Waals surface area contributed by atoms with Crippen molar-refractivity contribution in [2.75, 3.05) is 11.9 Å². The van der Waals surface area contributed by atoms with E-state index in [-0.39, 0.29) is 18.8 Å². The van der Waals surface area contributed by atoms with Gasteiger partial charge in [0.15, 0.2) is 0 Å². The molecule has 0 atom stereocenters. The van der Waals surface area contributed by atoms with E-state index in [4.69, 9.17) is 5.73 Å². The van der Waals surface area contributed by atoms with Gasteiger partial charge < -0.3 is 10.5 Å². The van der Waals surface area contributed by atoms with Crippen molar-refractivity contribution in [2.45, 2.75) is 19.6 Å². The van der Waals surface area contributed by atoms with E-state index in [1.54, 1.807) is 6.92 Å². The van der Waals surface area contributed by atoms with Crippen LogP contribution in [0.2, 0.25) is 0 Å². The Kier molecular flexibility index (Phi) is 4.55. The van der Waals surface area contributed by atoms with Gasteiger partial charge >= 0.3 is 12.3 Å². The van der Waals surface area contributed by atoms with Crippen molar-refractivity contribution in [1.82, 2.24) is 0 Å². The van der Waals surface area contributed by atoms with Crippen LogP contribution in [0.25, 0.3) is 0 Å². The molecule has 1 rings (SSSR count). The molecular weight excluding hydrogens is 249 g/mol. The summed E-state index contributed by atoms with van der Waals surface area (Å²) >= 11 is 0. The first kappa shape index (κ1) is 14.3. The first-order valence-corrected chi connectivity index (χ1v) is 5.22. The Morgan fingerprint density at radius 1 is 1.44 bits per heavy atom. The summed E-state index contributed by atoms with van der Waals surface area (Å²) in [5, 5.41) is 2.05. The van der Waals surface area contributed by atoms with Crippen molar-refractivity contribution in [2.24, 2.45) is 5.73 Å². The normalized spacial score (nSPS) is 11.2. The molecule has 7 heteroatoms. The van der Waals surface area contributed by atoms with Gasteiger partial charge in [-0.05, 0) is 24.6 Å². The number of benzene rings is 1. The molecule has 18 heavy (non-hydrogen) atoms. The first-order chi connectivity index (χ1) is 8.38. The van der Waals surface area contributed by atoms with Crippen molar-refractivity contribution in [3.63, 3.8) is 0 Å². The zero-order valence-electron chi connectivity index (χ0n) is 9.67. The van der Waals surface area contributed by atoms with Gasteiger partial charge in [0.25, 0.3) is 0 Å². The second-order valence-electron chi connectivity index (χ2n) is 3.43. The Balaban J connectivity index is 3.07. The van der Waals surface area contributed by atoms with Crippen molar-refractivity contribution < 1.29 is 22.7 Å². The molecule has 0 radical (unpaired) electrons. The van der Waals surface area contributed by atoms with Crippen LogP contribution < -0.4 is 11.1 Å². The van der Waals surface area contributed by atoms with E-state index in [2.05, 4.69) is 4.74 Å². The molecule has 0 bridgehead atoms. The van der Waals surface area contributed by atoms with Crippen LogP contribution in [-0.2, 0) is 17.5 Å². The summed E-state index contributed by atoms with van der Waals surface area (Å²) in [6, 6.07) is 3.47. The predicted octanol–water partition coefficient (Wildman–Crippen LogP) is 2.73. The standard InChI is InChI=1S/C11H13F3N2O2/c1-2-18-10(17)16-9-4-3-7(6-15)5-8(9)11(12,13)14/h3-5H,2,6,15H2,1H3,(H,16,17). The zero-order chi connectivity index (χ0) is 13.8. The van der Waals surface area contributed by atoms with Crippen molar-refractivity contribution in [3.05, 3.63) is 29.3 Å². The predicted molar refractivity (Wildman–Crippen MR) is 60.0 cm³/mol. The highest BCUT2D eigenvalue weighted by atomic mass is 19.4. The molecule has 0 unspecified atom stereocenters. The average Bonchev–Trinajstić information content (AvgIpc) is 2.28. The summed E-state index contributed by atoms with van der Waals surface area (Å²) < 4.78 is 42.8. The third-order valence-electron chi connectivity index (χ3n) is 2.14. The molecular formula is C11H13F3N2O2. The average molecular weight is 262 g/mol. The Labute approximate surface area is 102 Å². The molecule has 0 saturated carbocycles.